The van der Waals surface area contributed by atoms with Crippen LogP contribution >= 0.6 is 11.6 Å². The van der Waals surface area contributed by atoms with Crippen LogP contribution in [0.1, 0.15) is 5.56 Å². The Hall–Kier alpha value is -0.393. The van der Waals surface area contributed by atoms with Crippen LogP contribution in [0, 0.1) is 0 Å². The van der Waals surface area contributed by atoms with Crippen LogP contribution in [0.4, 0.5) is 0 Å². The van der Waals surface area contributed by atoms with Gasteiger partial charge in [-0.3, -0.25) is 0 Å². The molecule has 1 rings (SSSR count). The third-order valence-corrected chi connectivity index (χ3v) is 2.81. The lowest BCUT2D eigenvalue weighted by atomic mass is 10.2. The van der Waals surface area contributed by atoms with Crippen molar-refractivity contribution >= 4 is 21.1 Å². The van der Waals surface area contributed by atoms with E-state index in [4.69, 9.17) is 24.9 Å². The monoisotopic (exact) mass is 247 g/mol. The first-order valence-electron chi connectivity index (χ1n) is 4.37. The molecule has 0 aliphatic rings. The number of hydrogen-bond acceptors (Lipinski definition) is 3. The van der Waals surface area contributed by atoms with Crippen LogP contribution in [0.5, 0.6) is 0 Å². The van der Waals surface area contributed by atoms with E-state index in [1.807, 2.05) is 30.3 Å². The van der Waals surface area contributed by atoms with Crippen molar-refractivity contribution < 1.29 is 13.3 Å². The first-order chi connectivity index (χ1) is 7.28. The molecule has 15 heavy (non-hydrogen) atoms. The predicted molar refractivity (Wildman–Crippen MR) is 62.8 cm³/mol. The van der Waals surface area contributed by atoms with Crippen LogP contribution in [0.25, 0.3) is 0 Å². The van der Waals surface area contributed by atoms with E-state index < -0.39 is 9.53 Å². The topological polar surface area (TPSA) is 27.7 Å². The Labute approximate surface area is 97.9 Å². The molecular formula is C10H16ClO3Si. The van der Waals surface area contributed by atoms with Crippen molar-refractivity contribution in [3.05, 3.63) is 35.9 Å². The minimum Gasteiger partial charge on any atom is -0.375 e. The second-order valence-electron chi connectivity index (χ2n) is 2.48. The molecule has 0 unspecified atom stereocenters. The third kappa shape index (κ3) is 7.53. The Morgan fingerprint density at radius 3 is 1.67 bits per heavy atom. The molecule has 3 nitrogen and oxygen atoms in total. The van der Waals surface area contributed by atoms with Gasteiger partial charge in [0.25, 0.3) is 0 Å². The molecule has 0 aromatic heterocycles. The van der Waals surface area contributed by atoms with Crippen molar-refractivity contribution in [1.82, 2.24) is 0 Å². The maximum absolute atomic E-state index is 5.53. The summed E-state index contributed by atoms with van der Waals surface area (Å²) in [5, 5.41) is 0. The average molecular weight is 248 g/mol. The zero-order chi connectivity index (χ0) is 11.5. The van der Waals surface area contributed by atoms with Gasteiger partial charge < -0.3 is 13.3 Å². The summed E-state index contributed by atoms with van der Waals surface area (Å²) in [7, 11) is 3.31. The summed E-state index contributed by atoms with van der Waals surface area (Å²) in [6, 6.07) is 9.96. The first kappa shape index (κ1) is 14.6. The molecule has 0 N–H and O–H groups in total. The Morgan fingerprint density at radius 2 is 1.47 bits per heavy atom. The molecule has 0 atom stereocenters. The van der Waals surface area contributed by atoms with Gasteiger partial charge in [0.15, 0.2) is 0 Å². The fourth-order valence-electron chi connectivity index (χ4n) is 0.817. The maximum Gasteiger partial charge on any atom is 0.576 e. The number of alkyl halides is 1. The molecule has 0 heterocycles. The Kier molecular flexibility index (Phi) is 9.87. The second kappa shape index (κ2) is 10.1. The standard InChI is InChI=1S/C7H7Cl.C3H9O3Si/c8-6-7-4-2-1-3-5-7;1-4-7(5-2)6-3/h1-5H,6H2;1-3H3. The van der Waals surface area contributed by atoms with E-state index in [2.05, 4.69) is 0 Å². The van der Waals surface area contributed by atoms with Gasteiger partial charge in [0.1, 0.15) is 0 Å². The largest absolute Gasteiger partial charge is 0.576 e. The van der Waals surface area contributed by atoms with Gasteiger partial charge in [0, 0.05) is 27.2 Å². The van der Waals surface area contributed by atoms with Crippen molar-refractivity contribution in [2.45, 2.75) is 5.88 Å². The molecule has 1 aromatic carbocycles. The molecule has 5 heteroatoms. The highest BCUT2D eigenvalue weighted by atomic mass is 35.5. The molecule has 0 aliphatic heterocycles. The summed E-state index contributed by atoms with van der Waals surface area (Å²) in [5.41, 5.74) is 1.18. The van der Waals surface area contributed by atoms with Crippen molar-refractivity contribution in [2.24, 2.45) is 0 Å². The number of rotatable bonds is 4. The number of benzene rings is 1. The van der Waals surface area contributed by atoms with Crippen molar-refractivity contribution in [1.29, 1.82) is 0 Å². The normalized spacial score (nSPS) is 9.67. The average Bonchev–Trinajstić information content (AvgIpc) is 2.33. The van der Waals surface area contributed by atoms with Gasteiger partial charge >= 0.3 is 9.53 Å². The highest BCUT2D eigenvalue weighted by molar-refractivity contribution is 6.36. The molecule has 0 aliphatic carbocycles. The Bertz CT molecular complexity index is 224. The molecular weight excluding hydrogens is 232 g/mol. The zero-order valence-corrected chi connectivity index (χ0v) is 11.0. The molecule has 0 spiro atoms. The summed E-state index contributed by atoms with van der Waals surface area (Å²) < 4.78 is 14.1. The molecule has 0 saturated heterocycles. The van der Waals surface area contributed by atoms with Crippen molar-refractivity contribution in [2.75, 3.05) is 21.3 Å². The van der Waals surface area contributed by atoms with E-state index in [0.717, 1.165) is 0 Å². The van der Waals surface area contributed by atoms with E-state index in [0.29, 0.717) is 5.88 Å². The minimum absolute atomic E-state index is 0.612. The van der Waals surface area contributed by atoms with E-state index in [1.165, 1.54) is 5.56 Å². The van der Waals surface area contributed by atoms with Crippen LogP contribution in [0.15, 0.2) is 30.3 Å². The van der Waals surface area contributed by atoms with Crippen LogP contribution in [0.3, 0.4) is 0 Å². The van der Waals surface area contributed by atoms with Gasteiger partial charge in [-0.15, -0.1) is 11.6 Å². The van der Waals surface area contributed by atoms with Crippen molar-refractivity contribution in [3.8, 4) is 0 Å². The Morgan fingerprint density at radius 1 is 1.00 bits per heavy atom. The second-order valence-corrected chi connectivity index (χ2v) is 4.47. The van der Waals surface area contributed by atoms with Crippen LogP contribution in [-0.2, 0) is 19.2 Å². The predicted octanol–water partition coefficient (Wildman–Crippen LogP) is 2.34. The quantitative estimate of drug-likeness (QED) is 0.604. The van der Waals surface area contributed by atoms with E-state index in [9.17, 15) is 0 Å². The van der Waals surface area contributed by atoms with Gasteiger partial charge in [0.05, 0.1) is 0 Å². The Balaban J connectivity index is 0.000000265. The summed E-state index contributed by atoms with van der Waals surface area (Å²) >= 11 is 5.53. The lowest BCUT2D eigenvalue weighted by Gasteiger charge is -2.02. The minimum atomic E-state index is -1.36. The number of halogens is 1. The fourth-order valence-corrected chi connectivity index (χ4v) is 1.50. The number of hydrogen-bond donors (Lipinski definition) is 0. The fraction of sp³-hybridized carbons (Fsp3) is 0.400. The molecule has 85 valence electrons. The summed E-state index contributed by atoms with van der Waals surface area (Å²) in [6.45, 7) is 0. The highest BCUT2D eigenvalue weighted by Gasteiger charge is 2.09. The van der Waals surface area contributed by atoms with Gasteiger partial charge in [-0.2, -0.15) is 0 Å². The first-order valence-corrected chi connectivity index (χ1v) is 6.13. The van der Waals surface area contributed by atoms with Crippen molar-refractivity contribution in [3.63, 3.8) is 0 Å². The van der Waals surface area contributed by atoms with E-state index >= 15 is 0 Å². The highest BCUT2D eigenvalue weighted by Crippen LogP contribution is 2.00. The maximum atomic E-state index is 5.53. The van der Waals surface area contributed by atoms with Gasteiger partial charge in [0.2, 0.25) is 0 Å². The van der Waals surface area contributed by atoms with E-state index in [1.54, 1.807) is 21.3 Å². The molecule has 0 saturated carbocycles. The molecule has 0 fully saturated rings. The van der Waals surface area contributed by atoms with Crippen LogP contribution in [0.2, 0.25) is 0 Å². The molecule has 0 bridgehead atoms. The van der Waals surface area contributed by atoms with E-state index in [-0.39, 0.29) is 0 Å². The van der Waals surface area contributed by atoms with Crippen LogP contribution in [-0.4, -0.2) is 30.9 Å². The summed E-state index contributed by atoms with van der Waals surface area (Å²) in [5.74, 6) is 0.612. The lowest BCUT2D eigenvalue weighted by molar-refractivity contribution is 0.163. The van der Waals surface area contributed by atoms with Crippen LogP contribution < -0.4 is 0 Å². The lowest BCUT2D eigenvalue weighted by Crippen LogP contribution is -2.21. The van der Waals surface area contributed by atoms with Gasteiger partial charge in [-0.1, -0.05) is 30.3 Å². The molecule has 1 aromatic rings. The summed E-state index contributed by atoms with van der Waals surface area (Å²) in [6.07, 6.45) is 0. The smallest absolute Gasteiger partial charge is 0.375 e. The molecule has 1 radical (unpaired) electrons. The zero-order valence-electron chi connectivity index (χ0n) is 9.20. The summed E-state index contributed by atoms with van der Waals surface area (Å²) in [4.78, 5) is 0. The SMILES string of the molecule is CO[Si](OC)OC.ClCc1ccccc1. The van der Waals surface area contributed by atoms with Gasteiger partial charge in [-0.25, -0.2) is 0 Å². The molecule has 0 amide bonds. The third-order valence-electron chi connectivity index (χ3n) is 1.50. The van der Waals surface area contributed by atoms with Gasteiger partial charge in [-0.05, 0) is 5.56 Å².